The van der Waals surface area contributed by atoms with Crippen molar-refractivity contribution in [1.82, 2.24) is 20.0 Å². The number of urea groups is 1. The number of nitrogens with zero attached hydrogens (tertiary/aromatic N) is 3. The third kappa shape index (κ3) is 5.26. The van der Waals surface area contributed by atoms with Crippen LogP contribution in [0.2, 0.25) is 0 Å². The lowest BCUT2D eigenvalue weighted by Crippen LogP contribution is -2.36. The molecule has 9 nitrogen and oxygen atoms in total. The largest absolute Gasteiger partial charge is 0.468 e. The number of likely N-dealkylation sites (N-methyl/N-ethyl adjacent to an activating group) is 1. The van der Waals surface area contributed by atoms with E-state index in [1.807, 2.05) is 31.1 Å². The van der Waals surface area contributed by atoms with Crippen LogP contribution >= 0.6 is 0 Å². The summed E-state index contributed by atoms with van der Waals surface area (Å²) in [6.07, 6.45) is 3.29. The van der Waals surface area contributed by atoms with Gasteiger partial charge in [0, 0.05) is 18.4 Å². The van der Waals surface area contributed by atoms with Gasteiger partial charge in [0.15, 0.2) is 5.69 Å². The van der Waals surface area contributed by atoms with E-state index in [0.29, 0.717) is 18.8 Å². The van der Waals surface area contributed by atoms with Crippen LogP contribution in [0.4, 0.5) is 10.5 Å². The number of anilines is 1. The van der Waals surface area contributed by atoms with Crippen molar-refractivity contribution in [3.63, 3.8) is 0 Å². The molecule has 30 heavy (non-hydrogen) atoms. The zero-order valence-electron chi connectivity index (χ0n) is 17.2. The Balaban J connectivity index is 1.56. The highest BCUT2D eigenvalue weighted by molar-refractivity contribution is 5.89. The van der Waals surface area contributed by atoms with Crippen molar-refractivity contribution in [2.75, 3.05) is 32.6 Å². The second-order valence-electron chi connectivity index (χ2n) is 6.74. The molecule has 1 unspecified atom stereocenters. The number of ether oxygens (including phenoxy) is 1. The summed E-state index contributed by atoms with van der Waals surface area (Å²) in [7, 11) is 3.85. The van der Waals surface area contributed by atoms with Gasteiger partial charge in [0.1, 0.15) is 5.76 Å². The first-order valence-electron chi connectivity index (χ1n) is 9.56. The van der Waals surface area contributed by atoms with Gasteiger partial charge in [-0.15, -0.1) is 0 Å². The first-order chi connectivity index (χ1) is 14.5. The molecular weight excluding hydrogens is 386 g/mol. The highest BCUT2D eigenvalue weighted by Crippen LogP contribution is 2.18. The maximum absolute atomic E-state index is 12.3. The van der Waals surface area contributed by atoms with Gasteiger partial charge in [-0.2, -0.15) is 5.10 Å². The molecule has 3 aromatic rings. The predicted octanol–water partition coefficient (Wildman–Crippen LogP) is 3.07. The first-order valence-corrected chi connectivity index (χ1v) is 9.56. The summed E-state index contributed by atoms with van der Waals surface area (Å²) in [4.78, 5) is 26.0. The minimum atomic E-state index is -0.461. The fourth-order valence-electron chi connectivity index (χ4n) is 2.86. The fourth-order valence-corrected chi connectivity index (χ4v) is 2.86. The SMILES string of the molecule is CCOC(=O)c1ccn(-c2ccc(NC(=O)NCC(c3ccco3)N(C)C)cc2)n1. The van der Waals surface area contributed by atoms with E-state index >= 15 is 0 Å². The number of carbonyl (C=O) groups is 2. The molecule has 0 aliphatic heterocycles. The van der Waals surface area contributed by atoms with Gasteiger partial charge in [0.2, 0.25) is 0 Å². The van der Waals surface area contributed by atoms with Gasteiger partial charge in [0.05, 0.1) is 24.6 Å². The summed E-state index contributed by atoms with van der Waals surface area (Å²) in [5, 5.41) is 9.86. The number of hydrogen-bond acceptors (Lipinski definition) is 6. The maximum atomic E-state index is 12.3. The van der Waals surface area contributed by atoms with Gasteiger partial charge in [-0.3, -0.25) is 4.90 Å². The number of esters is 1. The van der Waals surface area contributed by atoms with Crippen molar-refractivity contribution in [3.05, 3.63) is 66.4 Å². The maximum Gasteiger partial charge on any atom is 0.358 e. The van der Waals surface area contributed by atoms with Crippen molar-refractivity contribution in [2.45, 2.75) is 13.0 Å². The molecular formula is C21H25N5O4. The van der Waals surface area contributed by atoms with Gasteiger partial charge >= 0.3 is 12.0 Å². The van der Waals surface area contributed by atoms with E-state index in [0.717, 1.165) is 11.4 Å². The zero-order valence-corrected chi connectivity index (χ0v) is 17.2. The number of amides is 2. The van der Waals surface area contributed by atoms with Crippen LogP contribution in [0.1, 0.15) is 29.2 Å². The third-order valence-corrected chi connectivity index (χ3v) is 4.41. The van der Waals surface area contributed by atoms with E-state index in [4.69, 9.17) is 9.15 Å². The molecule has 0 aliphatic carbocycles. The monoisotopic (exact) mass is 411 g/mol. The van der Waals surface area contributed by atoms with Crippen LogP contribution in [-0.2, 0) is 4.74 Å². The Morgan fingerprint density at radius 1 is 1.20 bits per heavy atom. The van der Waals surface area contributed by atoms with Crippen LogP contribution in [0, 0.1) is 0 Å². The number of furan rings is 1. The van der Waals surface area contributed by atoms with Gasteiger partial charge in [-0.1, -0.05) is 0 Å². The summed E-state index contributed by atoms with van der Waals surface area (Å²) in [6, 6.07) is 12.0. The predicted molar refractivity (Wildman–Crippen MR) is 112 cm³/mol. The Hall–Kier alpha value is -3.59. The van der Waals surface area contributed by atoms with Crippen molar-refractivity contribution in [1.29, 1.82) is 0 Å². The minimum Gasteiger partial charge on any atom is -0.468 e. The number of nitrogens with one attached hydrogen (secondary N) is 2. The molecule has 0 saturated carbocycles. The number of carbonyl (C=O) groups excluding carboxylic acids is 2. The molecule has 0 aliphatic rings. The second-order valence-corrected chi connectivity index (χ2v) is 6.74. The normalized spacial score (nSPS) is 11.9. The van der Waals surface area contributed by atoms with Crippen molar-refractivity contribution in [2.24, 2.45) is 0 Å². The summed E-state index contributed by atoms with van der Waals surface area (Å²) in [5.74, 6) is 0.322. The molecule has 9 heteroatoms. The number of rotatable bonds is 8. The van der Waals surface area contributed by atoms with Crippen molar-refractivity contribution >= 4 is 17.7 Å². The fraction of sp³-hybridized carbons (Fsp3) is 0.286. The molecule has 158 valence electrons. The second kappa shape index (κ2) is 9.75. The van der Waals surface area contributed by atoms with Crippen LogP contribution < -0.4 is 10.6 Å². The summed E-state index contributed by atoms with van der Waals surface area (Å²) in [5.41, 5.74) is 1.63. The molecule has 0 saturated heterocycles. The van der Waals surface area contributed by atoms with Gasteiger partial charge in [-0.05, 0) is 63.5 Å². The van der Waals surface area contributed by atoms with E-state index in [9.17, 15) is 9.59 Å². The number of hydrogen-bond donors (Lipinski definition) is 2. The molecule has 2 amide bonds. The van der Waals surface area contributed by atoms with Gasteiger partial charge in [-0.25, -0.2) is 14.3 Å². The lowest BCUT2D eigenvalue weighted by molar-refractivity contribution is 0.0519. The molecule has 1 aromatic carbocycles. The zero-order chi connectivity index (χ0) is 21.5. The Morgan fingerprint density at radius 2 is 1.97 bits per heavy atom. The average Bonchev–Trinajstić information content (AvgIpc) is 3.41. The Bertz CT molecular complexity index is 964. The molecule has 0 fully saturated rings. The molecule has 2 aromatic heterocycles. The van der Waals surface area contributed by atoms with E-state index in [2.05, 4.69) is 15.7 Å². The Morgan fingerprint density at radius 3 is 2.60 bits per heavy atom. The lowest BCUT2D eigenvalue weighted by Gasteiger charge is -2.22. The summed E-state index contributed by atoms with van der Waals surface area (Å²) in [6.45, 7) is 2.44. The van der Waals surface area contributed by atoms with E-state index in [1.165, 1.54) is 0 Å². The van der Waals surface area contributed by atoms with E-state index in [1.54, 1.807) is 54.4 Å². The summed E-state index contributed by atoms with van der Waals surface area (Å²) >= 11 is 0. The van der Waals surface area contributed by atoms with Gasteiger partial charge in [0.25, 0.3) is 0 Å². The quantitative estimate of drug-likeness (QED) is 0.553. The average molecular weight is 411 g/mol. The molecule has 0 bridgehead atoms. The highest BCUT2D eigenvalue weighted by atomic mass is 16.5. The van der Waals surface area contributed by atoms with Crippen molar-refractivity contribution in [3.8, 4) is 5.69 Å². The number of benzene rings is 1. The topological polar surface area (TPSA) is 102 Å². The van der Waals surface area contributed by atoms with E-state index < -0.39 is 5.97 Å². The lowest BCUT2D eigenvalue weighted by atomic mass is 10.2. The molecule has 0 radical (unpaired) electrons. The smallest absolute Gasteiger partial charge is 0.358 e. The standard InChI is InChI=1S/C21H25N5O4/c1-4-29-20(27)17-11-12-26(24-17)16-9-7-15(8-10-16)23-21(28)22-14-18(25(2)3)19-6-5-13-30-19/h5-13,18H,4,14H2,1-3H3,(H2,22,23,28). The molecule has 3 rings (SSSR count). The van der Waals surface area contributed by atoms with Crippen molar-refractivity contribution < 1.29 is 18.7 Å². The Labute approximate surface area is 174 Å². The van der Waals surface area contributed by atoms with Crippen LogP contribution in [-0.4, -0.2) is 53.9 Å². The molecule has 0 spiro atoms. The third-order valence-electron chi connectivity index (χ3n) is 4.41. The highest BCUT2D eigenvalue weighted by Gasteiger charge is 2.18. The van der Waals surface area contributed by atoms with Crippen LogP contribution in [0.25, 0.3) is 5.69 Å². The molecule has 1 atom stereocenters. The van der Waals surface area contributed by atoms with Crippen LogP contribution in [0.3, 0.4) is 0 Å². The van der Waals surface area contributed by atoms with E-state index in [-0.39, 0.29) is 17.8 Å². The van der Waals surface area contributed by atoms with Crippen LogP contribution in [0.15, 0.2) is 59.3 Å². The van der Waals surface area contributed by atoms with Crippen LogP contribution in [0.5, 0.6) is 0 Å². The summed E-state index contributed by atoms with van der Waals surface area (Å²) < 4.78 is 12.0. The first kappa shape index (κ1) is 21.1. The molecule has 2 N–H and O–H groups in total. The van der Waals surface area contributed by atoms with Gasteiger partial charge < -0.3 is 19.8 Å². The Kier molecular flexibility index (Phi) is 6.87. The molecule has 2 heterocycles. The number of aromatic nitrogens is 2. The minimum absolute atomic E-state index is 0.0680.